The molecular formula is C10H12O2S. The summed E-state index contributed by atoms with van der Waals surface area (Å²) in [7, 11) is -2.34. The third-order valence-electron chi connectivity index (χ3n) is 1.81. The van der Waals surface area contributed by atoms with Crippen molar-refractivity contribution < 1.29 is 8.42 Å². The van der Waals surface area contributed by atoms with Gasteiger partial charge in [0.15, 0.2) is 0 Å². The van der Waals surface area contributed by atoms with Gasteiger partial charge in [-0.1, -0.05) is 24.8 Å². The van der Waals surface area contributed by atoms with Gasteiger partial charge in [-0.2, -0.15) is 8.42 Å². The van der Waals surface area contributed by atoms with Crippen molar-refractivity contribution in [1.82, 2.24) is 0 Å². The zero-order valence-electron chi connectivity index (χ0n) is 7.36. The van der Waals surface area contributed by atoms with Crippen LogP contribution >= 0.6 is 0 Å². The second-order valence-electron chi connectivity index (χ2n) is 2.35. The van der Waals surface area contributed by atoms with Crippen LogP contribution in [-0.2, 0) is 10.3 Å². The first-order valence-electron chi connectivity index (χ1n) is 3.58. The molecule has 0 rings (SSSR count). The summed E-state index contributed by atoms with van der Waals surface area (Å²) >= 11 is 0. The van der Waals surface area contributed by atoms with Gasteiger partial charge in [0.2, 0.25) is 10.3 Å². The minimum absolute atomic E-state index is 0.104. The Bertz CT molecular complexity index is 342. The molecule has 0 fully saturated rings. The third kappa shape index (κ3) is 2.06. The van der Waals surface area contributed by atoms with Crippen LogP contribution in [0.15, 0.2) is 50.6 Å². The first kappa shape index (κ1) is 11.6. The molecule has 0 bridgehead atoms. The zero-order valence-corrected chi connectivity index (χ0v) is 8.18. The fraction of sp³-hybridized carbons (Fsp3) is 0.100. The van der Waals surface area contributed by atoms with Crippen LogP contribution in [0.2, 0.25) is 0 Å². The first-order valence-corrected chi connectivity index (χ1v) is 4.65. The SMILES string of the molecule is C=CC(=S(=O)=O)C(C=C)(C=C)C=C. The summed E-state index contributed by atoms with van der Waals surface area (Å²) in [6, 6.07) is 0. The Morgan fingerprint density at radius 1 is 1.00 bits per heavy atom. The molecule has 3 heteroatoms. The molecule has 0 unspecified atom stereocenters. The lowest BCUT2D eigenvalue weighted by Gasteiger charge is -2.19. The summed E-state index contributed by atoms with van der Waals surface area (Å²) in [6.45, 7) is 14.0. The van der Waals surface area contributed by atoms with E-state index in [1.807, 2.05) is 0 Å². The molecule has 0 aromatic heterocycles. The van der Waals surface area contributed by atoms with Crippen LogP contribution in [0, 0.1) is 5.41 Å². The molecule has 0 aromatic rings. The molecule has 0 aromatic carbocycles. The summed E-state index contributed by atoms with van der Waals surface area (Å²) in [6.07, 6.45) is 5.63. The monoisotopic (exact) mass is 196 g/mol. The van der Waals surface area contributed by atoms with E-state index in [-0.39, 0.29) is 4.86 Å². The molecule has 0 saturated heterocycles. The number of hydrogen-bond donors (Lipinski definition) is 0. The highest BCUT2D eigenvalue weighted by atomic mass is 32.2. The van der Waals surface area contributed by atoms with Crippen molar-refractivity contribution >= 4 is 15.2 Å². The van der Waals surface area contributed by atoms with Crippen LogP contribution < -0.4 is 0 Å². The molecule has 0 radical (unpaired) electrons. The van der Waals surface area contributed by atoms with E-state index in [1.165, 1.54) is 24.3 Å². The average molecular weight is 196 g/mol. The molecule has 0 amide bonds. The minimum atomic E-state index is -2.34. The Kier molecular flexibility index (Phi) is 4.14. The maximum absolute atomic E-state index is 10.8. The standard InChI is InChI=1S/C10H12O2S/c1-5-9(13(11)12)10(6-2,7-3)8-4/h5-8H,1-4H2. The largest absolute Gasteiger partial charge is 0.218 e. The van der Waals surface area contributed by atoms with Gasteiger partial charge >= 0.3 is 0 Å². The van der Waals surface area contributed by atoms with Gasteiger partial charge in [-0.15, -0.1) is 19.7 Å². The quantitative estimate of drug-likeness (QED) is 0.381. The van der Waals surface area contributed by atoms with Gasteiger partial charge in [-0.3, -0.25) is 0 Å². The second-order valence-corrected chi connectivity index (χ2v) is 3.26. The molecule has 0 N–H and O–H groups in total. The first-order chi connectivity index (χ1) is 6.07. The topological polar surface area (TPSA) is 34.1 Å². The van der Waals surface area contributed by atoms with Crippen LogP contribution in [0.5, 0.6) is 0 Å². The Morgan fingerprint density at radius 3 is 1.46 bits per heavy atom. The highest BCUT2D eigenvalue weighted by molar-refractivity contribution is 7.73. The highest BCUT2D eigenvalue weighted by Crippen LogP contribution is 2.23. The molecular weight excluding hydrogens is 184 g/mol. The molecule has 70 valence electrons. The predicted octanol–water partition coefficient (Wildman–Crippen LogP) is 1.77. The zero-order chi connectivity index (χ0) is 10.5. The lowest BCUT2D eigenvalue weighted by atomic mass is 9.85. The van der Waals surface area contributed by atoms with Crippen molar-refractivity contribution in [2.24, 2.45) is 5.41 Å². The Hall–Kier alpha value is -1.35. The van der Waals surface area contributed by atoms with Crippen molar-refractivity contribution in [3.8, 4) is 0 Å². The van der Waals surface area contributed by atoms with E-state index in [4.69, 9.17) is 0 Å². The lowest BCUT2D eigenvalue weighted by molar-refractivity contribution is 0.626. The maximum Gasteiger partial charge on any atom is 0.218 e. The van der Waals surface area contributed by atoms with Gasteiger partial charge in [0.05, 0.1) is 10.3 Å². The molecule has 0 aliphatic carbocycles. The van der Waals surface area contributed by atoms with Crippen LogP contribution in [0.4, 0.5) is 0 Å². The summed E-state index contributed by atoms with van der Waals surface area (Å²) in [5.41, 5.74) is -0.908. The van der Waals surface area contributed by atoms with E-state index >= 15 is 0 Å². The molecule has 0 aliphatic rings. The molecule has 0 saturated carbocycles. The van der Waals surface area contributed by atoms with E-state index in [0.717, 1.165) is 0 Å². The fourth-order valence-electron chi connectivity index (χ4n) is 0.941. The van der Waals surface area contributed by atoms with Gasteiger partial charge < -0.3 is 0 Å². The summed E-state index contributed by atoms with van der Waals surface area (Å²) in [4.78, 5) is 0.104. The maximum atomic E-state index is 10.8. The minimum Gasteiger partial charge on any atom is -0.184 e. The Morgan fingerprint density at radius 2 is 1.38 bits per heavy atom. The van der Waals surface area contributed by atoms with Crippen molar-refractivity contribution in [2.45, 2.75) is 0 Å². The van der Waals surface area contributed by atoms with Gasteiger partial charge in [0, 0.05) is 0 Å². The van der Waals surface area contributed by atoms with E-state index < -0.39 is 15.7 Å². The lowest BCUT2D eigenvalue weighted by Crippen LogP contribution is -2.22. The third-order valence-corrected chi connectivity index (χ3v) is 2.68. The summed E-state index contributed by atoms with van der Waals surface area (Å²) in [5.74, 6) is 0. The van der Waals surface area contributed by atoms with Crippen molar-refractivity contribution in [2.75, 3.05) is 0 Å². The van der Waals surface area contributed by atoms with Gasteiger partial charge in [-0.25, -0.2) is 0 Å². The van der Waals surface area contributed by atoms with Gasteiger partial charge in [0.25, 0.3) is 0 Å². The number of allylic oxidation sites excluding steroid dienone is 4. The smallest absolute Gasteiger partial charge is 0.184 e. The van der Waals surface area contributed by atoms with Crippen molar-refractivity contribution in [1.29, 1.82) is 0 Å². The van der Waals surface area contributed by atoms with Crippen LogP contribution in [-0.4, -0.2) is 13.3 Å². The Balaban J connectivity index is 5.82. The van der Waals surface area contributed by atoms with Gasteiger partial charge in [-0.05, 0) is 6.08 Å². The summed E-state index contributed by atoms with van der Waals surface area (Å²) < 4.78 is 21.6. The van der Waals surface area contributed by atoms with Crippen molar-refractivity contribution in [3.05, 3.63) is 50.6 Å². The normalized spacial score (nSPS) is 9.85. The van der Waals surface area contributed by atoms with Crippen LogP contribution in [0.3, 0.4) is 0 Å². The van der Waals surface area contributed by atoms with E-state index in [1.54, 1.807) is 0 Å². The second kappa shape index (κ2) is 4.62. The van der Waals surface area contributed by atoms with Gasteiger partial charge in [0.1, 0.15) is 0 Å². The Labute approximate surface area is 80.1 Å². The van der Waals surface area contributed by atoms with E-state index in [9.17, 15) is 8.42 Å². The predicted molar refractivity (Wildman–Crippen MR) is 57.1 cm³/mol. The van der Waals surface area contributed by atoms with Crippen LogP contribution in [0.25, 0.3) is 0 Å². The molecule has 13 heavy (non-hydrogen) atoms. The highest BCUT2D eigenvalue weighted by Gasteiger charge is 2.24. The molecule has 0 spiro atoms. The van der Waals surface area contributed by atoms with Crippen LogP contribution in [0.1, 0.15) is 0 Å². The number of hydrogen-bond acceptors (Lipinski definition) is 2. The fourth-order valence-corrected chi connectivity index (χ4v) is 1.62. The van der Waals surface area contributed by atoms with Crippen molar-refractivity contribution in [3.63, 3.8) is 0 Å². The average Bonchev–Trinajstić information content (AvgIpc) is 2.13. The van der Waals surface area contributed by atoms with E-state index in [0.29, 0.717) is 0 Å². The summed E-state index contributed by atoms with van der Waals surface area (Å²) in [5, 5.41) is 0. The molecule has 0 heterocycles. The molecule has 2 nitrogen and oxygen atoms in total. The van der Waals surface area contributed by atoms with E-state index in [2.05, 4.69) is 26.3 Å². The molecule has 0 aliphatic heterocycles. The molecule has 0 atom stereocenters. The number of rotatable bonds is 5.